The Morgan fingerprint density at radius 1 is 1.03 bits per heavy atom. The summed E-state index contributed by atoms with van der Waals surface area (Å²) in [6, 6.07) is 15.3. The number of hydrogen-bond acceptors (Lipinski definition) is 5. The van der Waals surface area contributed by atoms with Crippen LogP contribution in [0.1, 0.15) is 10.4 Å². The molecule has 0 unspecified atom stereocenters. The Bertz CT molecular complexity index is 1200. The van der Waals surface area contributed by atoms with Crippen molar-refractivity contribution in [1.82, 2.24) is 14.8 Å². The SMILES string of the molecule is CS(=O)(=O)CCN1CCN(C(=O)c2cc(-c3ccc(F)cc3)nc3ccccc23)CC1. The number of halogens is 1. The molecule has 0 radical (unpaired) electrons. The average Bonchev–Trinajstić information content (AvgIpc) is 2.77. The lowest BCUT2D eigenvalue weighted by atomic mass is 10.0. The van der Waals surface area contributed by atoms with Gasteiger partial charge >= 0.3 is 0 Å². The van der Waals surface area contributed by atoms with Crippen molar-refractivity contribution >= 4 is 26.6 Å². The van der Waals surface area contributed by atoms with Crippen molar-refractivity contribution in [3.05, 3.63) is 66.0 Å². The van der Waals surface area contributed by atoms with Gasteiger partial charge in [-0.25, -0.2) is 17.8 Å². The van der Waals surface area contributed by atoms with E-state index in [2.05, 4.69) is 9.88 Å². The Morgan fingerprint density at radius 2 is 1.71 bits per heavy atom. The topological polar surface area (TPSA) is 70.6 Å². The zero-order chi connectivity index (χ0) is 22.0. The number of rotatable bonds is 5. The molecule has 0 spiro atoms. The monoisotopic (exact) mass is 441 g/mol. The van der Waals surface area contributed by atoms with E-state index in [0.29, 0.717) is 49.5 Å². The number of carbonyl (C=O) groups is 1. The number of fused-ring (bicyclic) bond motifs is 1. The van der Waals surface area contributed by atoms with Gasteiger partial charge in [-0.1, -0.05) is 18.2 Å². The normalized spacial score (nSPS) is 15.4. The van der Waals surface area contributed by atoms with E-state index in [1.54, 1.807) is 23.1 Å². The number of hydrogen-bond donors (Lipinski definition) is 0. The highest BCUT2D eigenvalue weighted by Crippen LogP contribution is 2.26. The molecule has 1 aromatic heterocycles. The Hall–Kier alpha value is -2.84. The summed E-state index contributed by atoms with van der Waals surface area (Å²) in [4.78, 5) is 21.9. The molecule has 0 aliphatic carbocycles. The lowest BCUT2D eigenvalue weighted by molar-refractivity contribution is 0.0646. The number of sulfone groups is 1. The maximum absolute atomic E-state index is 13.4. The van der Waals surface area contributed by atoms with Crippen LogP contribution in [0.3, 0.4) is 0 Å². The highest BCUT2D eigenvalue weighted by Gasteiger charge is 2.24. The molecule has 3 aromatic rings. The Labute approximate surface area is 181 Å². The van der Waals surface area contributed by atoms with Gasteiger partial charge in [-0.05, 0) is 36.4 Å². The molecule has 1 aliphatic heterocycles. The molecule has 0 bridgehead atoms. The maximum atomic E-state index is 13.4. The van der Waals surface area contributed by atoms with Crippen LogP contribution in [0.2, 0.25) is 0 Å². The second-order valence-corrected chi connectivity index (χ2v) is 10.1. The van der Waals surface area contributed by atoms with E-state index < -0.39 is 9.84 Å². The molecule has 1 aliphatic rings. The minimum Gasteiger partial charge on any atom is -0.336 e. The highest BCUT2D eigenvalue weighted by molar-refractivity contribution is 7.90. The fraction of sp³-hybridized carbons (Fsp3) is 0.304. The van der Waals surface area contributed by atoms with Crippen LogP contribution in [0.4, 0.5) is 4.39 Å². The van der Waals surface area contributed by atoms with Crippen molar-refractivity contribution in [3.8, 4) is 11.3 Å². The summed E-state index contributed by atoms with van der Waals surface area (Å²) in [5.41, 5.74) is 2.63. The van der Waals surface area contributed by atoms with Crippen LogP contribution in [-0.4, -0.2) is 73.8 Å². The number of carbonyl (C=O) groups excluding carboxylic acids is 1. The summed E-state index contributed by atoms with van der Waals surface area (Å²) in [7, 11) is -3.01. The fourth-order valence-corrected chi connectivity index (χ4v) is 4.35. The van der Waals surface area contributed by atoms with E-state index >= 15 is 0 Å². The van der Waals surface area contributed by atoms with Crippen LogP contribution in [-0.2, 0) is 9.84 Å². The van der Waals surface area contributed by atoms with Gasteiger partial charge in [-0.15, -0.1) is 0 Å². The van der Waals surface area contributed by atoms with Crippen LogP contribution >= 0.6 is 0 Å². The van der Waals surface area contributed by atoms with Crippen molar-refractivity contribution in [2.45, 2.75) is 0 Å². The summed E-state index contributed by atoms with van der Waals surface area (Å²) >= 11 is 0. The third kappa shape index (κ3) is 5.08. The van der Waals surface area contributed by atoms with Gasteiger partial charge in [-0.3, -0.25) is 9.69 Å². The molecular formula is C23H24FN3O3S. The molecule has 1 amide bonds. The van der Waals surface area contributed by atoms with Gasteiger partial charge in [0.05, 0.1) is 22.5 Å². The minimum atomic E-state index is -3.01. The molecule has 0 N–H and O–H groups in total. The van der Waals surface area contributed by atoms with Gasteiger partial charge in [0.2, 0.25) is 0 Å². The number of para-hydroxylation sites is 1. The second-order valence-electron chi connectivity index (χ2n) is 7.84. The molecular weight excluding hydrogens is 417 g/mol. The van der Waals surface area contributed by atoms with Gasteiger partial charge in [0, 0.05) is 49.9 Å². The molecule has 6 nitrogen and oxygen atoms in total. The van der Waals surface area contributed by atoms with Crippen molar-refractivity contribution in [1.29, 1.82) is 0 Å². The first kappa shape index (κ1) is 21.4. The summed E-state index contributed by atoms with van der Waals surface area (Å²) in [6.07, 6.45) is 1.24. The molecule has 162 valence electrons. The van der Waals surface area contributed by atoms with E-state index in [1.165, 1.54) is 18.4 Å². The number of aromatic nitrogens is 1. The Morgan fingerprint density at radius 3 is 2.39 bits per heavy atom. The lowest BCUT2D eigenvalue weighted by Gasteiger charge is -2.34. The minimum absolute atomic E-state index is 0.0790. The standard InChI is InChI=1S/C23H24FN3O3S/c1-31(29,30)15-14-26-10-12-27(13-11-26)23(28)20-16-22(17-6-8-18(24)9-7-17)25-21-5-3-2-4-19(20)21/h2-9,16H,10-15H2,1H3. The Kier molecular flexibility index (Phi) is 6.02. The summed E-state index contributed by atoms with van der Waals surface area (Å²) in [5, 5.41) is 0.776. The van der Waals surface area contributed by atoms with E-state index in [0.717, 1.165) is 10.9 Å². The molecule has 4 rings (SSSR count). The highest BCUT2D eigenvalue weighted by atomic mass is 32.2. The third-order valence-electron chi connectivity index (χ3n) is 5.52. The second kappa shape index (κ2) is 8.72. The summed E-state index contributed by atoms with van der Waals surface area (Å²) < 4.78 is 36.2. The van der Waals surface area contributed by atoms with Crippen LogP contribution in [0.15, 0.2) is 54.6 Å². The number of amides is 1. The number of benzene rings is 2. The average molecular weight is 442 g/mol. The zero-order valence-electron chi connectivity index (χ0n) is 17.3. The predicted molar refractivity (Wildman–Crippen MR) is 119 cm³/mol. The van der Waals surface area contributed by atoms with E-state index in [-0.39, 0.29) is 17.5 Å². The summed E-state index contributed by atoms with van der Waals surface area (Å²) in [5.74, 6) is -0.281. The first-order chi connectivity index (χ1) is 14.8. The van der Waals surface area contributed by atoms with Gasteiger partial charge in [0.15, 0.2) is 0 Å². The first-order valence-electron chi connectivity index (χ1n) is 10.2. The largest absolute Gasteiger partial charge is 0.336 e. The molecule has 0 atom stereocenters. The van der Waals surface area contributed by atoms with Crippen molar-refractivity contribution in [3.63, 3.8) is 0 Å². The fourth-order valence-electron chi connectivity index (χ4n) is 3.76. The maximum Gasteiger partial charge on any atom is 0.254 e. The number of nitrogens with zero attached hydrogens (tertiary/aromatic N) is 3. The predicted octanol–water partition coefficient (Wildman–Crippen LogP) is 2.84. The van der Waals surface area contributed by atoms with E-state index in [9.17, 15) is 17.6 Å². The number of pyridine rings is 1. The first-order valence-corrected chi connectivity index (χ1v) is 12.2. The molecule has 31 heavy (non-hydrogen) atoms. The molecule has 1 fully saturated rings. The smallest absolute Gasteiger partial charge is 0.254 e. The van der Waals surface area contributed by atoms with E-state index in [1.807, 2.05) is 24.3 Å². The Balaban J connectivity index is 1.58. The lowest BCUT2D eigenvalue weighted by Crippen LogP contribution is -2.49. The molecule has 0 saturated carbocycles. The van der Waals surface area contributed by atoms with Gasteiger partial charge in [0.25, 0.3) is 5.91 Å². The zero-order valence-corrected chi connectivity index (χ0v) is 18.1. The van der Waals surface area contributed by atoms with Gasteiger partial charge in [-0.2, -0.15) is 0 Å². The number of piperazine rings is 1. The van der Waals surface area contributed by atoms with Crippen LogP contribution in [0.5, 0.6) is 0 Å². The van der Waals surface area contributed by atoms with Crippen molar-refractivity contribution < 1.29 is 17.6 Å². The van der Waals surface area contributed by atoms with E-state index in [4.69, 9.17) is 0 Å². The van der Waals surface area contributed by atoms with Crippen LogP contribution in [0, 0.1) is 5.82 Å². The van der Waals surface area contributed by atoms with Crippen molar-refractivity contribution in [2.75, 3.05) is 44.7 Å². The van der Waals surface area contributed by atoms with Crippen LogP contribution in [0.25, 0.3) is 22.2 Å². The van der Waals surface area contributed by atoms with Gasteiger partial charge < -0.3 is 4.90 Å². The van der Waals surface area contributed by atoms with Gasteiger partial charge in [0.1, 0.15) is 15.7 Å². The third-order valence-corrected chi connectivity index (χ3v) is 6.45. The summed E-state index contributed by atoms with van der Waals surface area (Å²) in [6.45, 7) is 2.81. The van der Waals surface area contributed by atoms with Crippen molar-refractivity contribution in [2.24, 2.45) is 0 Å². The molecule has 8 heteroatoms. The molecule has 2 heterocycles. The molecule has 2 aromatic carbocycles. The quantitative estimate of drug-likeness (QED) is 0.609. The molecule has 1 saturated heterocycles. The van der Waals surface area contributed by atoms with Crippen LogP contribution < -0.4 is 0 Å².